The lowest BCUT2D eigenvalue weighted by Gasteiger charge is -2.40. The summed E-state index contributed by atoms with van der Waals surface area (Å²) >= 11 is 3.57. The number of halogens is 1. The molecule has 0 bridgehead atoms. The van der Waals surface area contributed by atoms with Gasteiger partial charge in [0, 0.05) is 56.4 Å². The highest BCUT2D eigenvalue weighted by Gasteiger charge is 2.34. The third-order valence-electron chi connectivity index (χ3n) is 7.73. The molecule has 0 spiro atoms. The molecule has 0 radical (unpaired) electrons. The lowest BCUT2D eigenvalue weighted by molar-refractivity contribution is -0.134. The van der Waals surface area contributed by atoms with Crippen molar-refractivity contribution in [2.45, 2.75) is 38.1 Å². The number of rotatable bonds is 3. The number of likely N-dealkylation sites (tertiary alicyclic amines) is 1. The Hall–Kier alpha value is -2.65. The highest BCUT2D eigenvalue weighted by molar-refractivity contribution is 9.10. The smallest absolute Gasteiger partial charge is 0.314 e. The van der Waals surface area contributed by atoms with Gasteiger partial charge in [0.15, 0.2) is 0 Å². The molecule has 3 heterocycles. The molecule has 8 nitrogen and oxygen atoms in total. The van der Waals surface area contributed by atoms with Gasteiger partial charge >= 0.3 is 6.03 Å². The van der Waals surface area contributed by atoms with E-state index in [1.54, 1.807) is 11.0 Å². The van der Waals surface area contributed by atoms with Crippen LogP contribution in [0.2, 0.25) is 0 Å². The number of fused-ring (bicyclic) bond motifs is 2. The average molecular weight is 542 g/mol. The molecule has 1 atom stereocenters. The molecule has 0 saturated carbocycles. The van der Waals surface area contributed by atoms with Crippen LogP contribution in [0.3, 0.4) is 0 Å². The lowest BCUT2D eigenvalue weighted by atomic mass is 9.93. The number of hydrogen-bond donors (Lipinski definition) is 2. The summed E-state index contributed by atoms with van der Waals surface area (Å²) in [6, 6.07) is 7.47. The van der Waals surface area contributed by atoms with Gasteiger partial charge in [-0.05, 0) is 82.4 Å². The number of hydrogen-bond acceptors (Lipinski definition) is 5. The van der Waals surface area contributed by atoms with E-state index in [2.05, 4.69) is 26.9 Å². The monoisotopic (exact) mass is 541 g/mol. The molecule has 1 aromatic carbocycles. The van der Waals surface area contributed by atoms with Crippen LogP contribution in [0.1, 0.15) is 47.7 Å². The number of nitrogens with two attached hydrogens (primary N) is 1. The summed E-state index contributed by atoms with van der Waals surface area (Å²) in [5, 5.41) is 10.1. The van der Waals surface area contributed by atoms with Crippen molar-refractivity contribution in [2.24, 2.45) is 11.7 Å². The number of amides is 3. The van der Waals surface area contributed by atoms with Gasteiger partial charge in [-0.25, -0.2) is 4.79 Å². The van der Waals surface area contributed by atoms with Crippen LogP contribution < -0.4 is 5.73 Å². The fourth-order valence-corrected chi connectivity index (χ4v) is 6.14. The van der Waals surface area contributed by atoms with Crippen LogP contribution in [-0.2, 0) is 17.6 Å². The SMILES string of the molecule is NC(=O)N1CCC(CC(=O)N2CCN([C@@H]3c4ccc(O)cc4CCc4cc(Br)cnc43)CC2)CC1. The third-order valence-corrected chi connectivity index (χ3v) is 8.17. The molecule has 0 unspecified atom stereocenters. The number of phenols is 1. The minimum atomic E-state index is -0.371. The molecule has 1 aromatic heterocycles. The van der Waals surface area contributed by atoms with Gasteiger partial charge in [-0.15, -0.1) is 0 Å². The van der Waals surface area contributed by atoms with Gasteiger partial charge in [0.2, 0.25) is 5.91 Å². The summed E-state index contributed by atoms with van der Waals surface area (Å²) in [6.07, 6.45) is 5.80. The number of urea groups is 1. The van der Waals surface area contributed by atoms with E-state index in [-0.39, 0.29) is 18.0 Å². The average Bonchev–Trinajstić information content (AvgIpc) is 3.00. The summed E-state index contributed by atoms with van der Waals surface area (Å²) in [7, 11) is 0. The van der Waals surface area contributed by atoms with Crippen molar-refractivity contribution in [3.8, 4) is 5.75 Å². The van der Waals surface area contributed by atoms with E-state index in [0.29, 0.717) is 44.3 Å². The molecular formula is C26H32BrN5O3. The first-order valence-electron chi connectivity index (χ1n) is 12.4. The lowest BCUT2D eigenvalue weighted by Crippen LogP contribution is -2.50. The number of phenolic OH excluding ortho intramolecular Hbond substituents is 1. The number of benzene rings is 1. The van der Waals surface area contributed by atoms with Crippen LogP contribution in [-0.4, -0.2) is 76.0 Å². The summed E-state index contributed by atoms with van der Waals surface area (Å²) in [5.74, 6) is 0.808. The number of pyridine rings is 1. The molecule has 3 aliphatic rings. The largest absolute Gasteiger partial charge is 0.508 e. The van der Waals surface area contributed by atoms with E-state index in [1.807, 2.05) is 23.2 Å². The molecule has 186 valence electrons. The van der Waals surface area contributed by atoms with Crippen molar-refractivity contribution in [3.05, 3.63) is 57.3 Å². The number of primary amides is 1. The number of piperazine rings is 1. The summed E-state index contributed by atoms with van der Waals surface area (Å²) in [6.45, 7) is 4.20. The van der Waals surface area contributed by atoms with Gasteiger partial charge in [-0.2, -0.15) is 0 Å². The number of aromatic nitrogens is 1. The standard InChI is InChI=1S/C26H32BrN5O3/c27-20-14-19-2-1-18-15-21(33)3-4-22(18)25(24(19)29-16-20)31-11-9-30(10-12-31)23(34)13-17-5-7-32(8-6-17)26(28)35/h3-4,14-17,25,33H,1-2,5-13H2,(H2,28,35)/t25-/m1/s1. The first kappa shape index (κ1) is 24.1. The quantitative estimate of drug-likeness (QED) is 0.621. The van der Waals surface area contributed by atoms with Crippen molar-refractivity contribution in [1.29, 1.82) is 0 Å². The molecule has 2 fully saturated rings. The predicted molar refractivity (Wildman–Crippen MR) is 136 cm³/mol. The molecule has 9 heteroatoms. The second-order valence-corrected chi connectivity index (χ2v) is 10.8. The van der Waals surface area contributed by atoms with Crippen molar-refractivity contribution >= 4 is 27.9 Å². The summed E-state index contributed by atoms with van der Waals surface area (Å²) in [4.78, 5) is 35.3. The van der Waals surface area contributed by atoms with Crippen molar-refractivity contribution in [2.75, 3.05) is 39.3 Å². The Labute approximate surface area is 214 Å². The van der Waals surface area contributed by atoms with Crippen molar-refractivity contribution < 1.29 is 14.7 Å². The van der Waals surface area contributed by atoms with Crippen LogP contribution in [0.25, 0.3) is 0 Å². The van der Waals surface area contributed by atoms with E-state index >= 15 is 0 Å². The summed E-state index contributed by atoms with van der Waals surface area (Å²) in [5.41, 5.74) is 10.0. The Morgan fingerprint density at radius 3 is 2.43 bits per heavy atom. The number of aryl methyl sites for hydroxylation is 2. The molecule has 2 aliphatic heterocycles. The van der Waals surface area contributed by atoms with Gasteiger partial charge in [0.1, 0.15) is 5.75 Å². The third kappa shape index (κ3) is 5.16. The Bertz CT molecular complexity index is 1060. The van der Waals surface area contributed by atoms with E-state index < -0.39 is 0 Å². The van der Waals surface area contributed by atoms with Crippen molar-refractivity contribution in [3.63, 3.8) is 0 Å². The normalized spacial score (nSPS) is 21.2. The van der Waals surface area contributed by atoms with E-state index in [1.165, 1.54) is 11.1 Å². The van der Waals surface area contributed by atoms with E-state index in [9.17, 15) is 14.7 Å². The Kier molecular flexibility index (Phi) is 6.98. The van der Waals surface area contributed by atoms with Gasteiger partial charge in [-0.1, -0.05) is 6.07 Å². The fourth-order valence-electron chi connectivity index (χ4n) is 5.76. The molecule has 35 heavy (non-hydrogen) atoms. The first-order valence-corrected chi connectivity index (χ1v) is 13.2. The molecule has 3 N–H and O–H groups in total. The topological polar surface area (TPSA) is 103 Å². The minimum absolute atomic E-state index is 0.00609. The summed E-state index contributed by atoms with van der Waals surface area (Å²) < 4.78 is 0.973. The molecule has 3 amide bonds. The number of nitrogens with zero attached hydrogens (tertiary/aromatic N) is 4. The Balaban J connectivity index is 1.28. The van der Waals surface area contributed by atoms with Gasteiger partial charge < -0.3 is 20.6 Å². The number of carbonyl (C=O) groups is 2. The highest BCUT2D eigenvalue weighted by atomic mass is 79.9. The Morgan fingerprint density at radius 2 is 1.71 bits per heavy atom. The van der Waals surface area contributed by atoms with Crippen LogP contribution >= 0.6 is 15.9 Å². The zero-order chi connectivity index (χ0) is 24.5. The van der Waals surface area contributed by atoms with Gasteiger partial charge in [-0.3, -0.25) is 14.7 Å². The molecule has 1 aliphatic carbocycles. The molecule has 5 rings (SSSR count). The maximum atomic E-state index is 13.0. The second-order valence-electron chi connectivity index (χ2n) is 9.87. The molecule has 2 saturated heterocycles. The first-order chi connectivity index (χ1) is 16.9. The second kappa shape index (κ2) is 10.1. The number of carbonyl (C=O) groups excluding carboxylic acids is 2. The van der Waals surface area contributed by atoms with Crippen LogP contribution in [0, 0.1) is 5.92 Å². The maximum absolute atomic E-state index is 13.0. The zero-order valence-electron chi connectivity index (χ0n) is 19.8. The highest BCUT2D eigenvalue weighted by Crippen LogP contribution is 2.38. The number of aromatic hydroxyl groups is 1. The molecular weight excluding hydrogens is 510 g/mol. The van der Waals surface area contributed by atoms with Crippen LogP contribution in [0.15, 0.2) is 34.9 Å². The number of piperidine rings is 1. The van der Waals surface area contributed by atoms with Crippen LogP contribution in [0.4, 0.5) is 4.79 Å². The van der Waals surface area contributed by atoms with E-state index in [0.717, 1.165) is 54.5 Å². The van der Waals surface area contributed by atoms with E-state index in [4.69, 9.17) is 10.7 Å². The Morgan fingerprint density at radius 1 is 1.00 bits per heavy atom. The zero-order valence-corrected chi connectivity index (χ0v) is 21.4. The minimum Gasteiger partial charge on any atom is -0.508 e. The van der Waals surface area contributed by atoms with Crippen molar-refractivity contribution in [1.82, 2.24) is 19.7 Å². The fraction of sp³-hybridized carbons (Fsp3) is 0.500. The van der Waals surface area contributed by atoms with Crippen LogP contribution in [0.5, 0.6) is 5.75 Å². The van der Waals surface area contributed by atoms with Gasteiger partial charge in [0.25, 0.3) is 0 Å². The van der Waals surface area contributed by atoms with Gasteiger partial charge in [0.05, 0.1) is 11.7 Å². The maximum Gasteiger partial charge on any atom is 0.314 e. The predicted octanol–water partition coefficient (Wildman–Crippen LogP) is 3.06. The molecule has 2 aromatic rings.